The maximum Gasteiger partial charge on any atom is 0.274 e. The van der Waals surface area contributed by atoms with E-state index < -0.39 is 11.5 Å². The van der Waals surface area contributed by atoms with Crippen LogP contribution in [0, 0.1) is 0 Å². The molecule has 23 heavy (non-hydrogen) atoms. The van der Waals surface area contributed by atoms with E-state index in [-0.39, 0.29) is 5.91 Å². The summed E-state index contributed by atoms with van der Waals surface area (Å²) < 4.78 is 6.16. The molecule has 2 heterocycles. The van der Waals surface area contributed by atoms with Gasteiger partial charge in [-0.2, -0.15) is 0 Å². The first-order valence-corrected chi connectivity index (χ1v) is 8.08. The molecule has 2 aliphatic heterocycles. The minimum absolute atomic E-state index is 0.0556. The molecule has 0 aromatic heterocycles. The number of likely N-dealkylation sites (tertiary alicyclic amines) is 1. The lowest BCUT2D eigenvalue weighted by molar-refractivity contribution is -0.150. The number of nitrogens with one attached hydrogen (secondary N) is 1. The second-order valence-corrected chi connectivity index (χ2v) is 6.40. The molecule has 124 valence electrons. The van der Waals surface area contributed by atoms with Crippen molar-refractivity contribution in [2.45, 2.75) is 44.1 Å². The Balaban J connectivity index is 1.88. The number of amides is 2. The molecule has 1 unspecified atom stereocenters. The van der Waals surface area contributed by atoms with Crippen molar-refractivity contribution < 1.29 is 19.5 Å². The van der Waals surface area contributed by atoms with Crippen molar-refractivity contribution in [1.29, 1.82) is 0 Å². The molecule has 2 amide bonds. The minimum atomic E-state index is -0.775. The van der Waals surface area contributed by atoms with Crippen molar-refractivity contribution >= 4 is 11.8 Å². The molecule has 0 radical (unpaired) electrons. The standard InChI is InChI=1S/C17H22N2O4/c1-19-10-4-2-3-8-17(16(19)21)9-7-12-11-13(15(20)18-22)5-6-14(12)23-17/h5-6,11,22H,2-4,7-10H2,1H3,(H,18,20). The Labute approximate surface area is 135 Å². The molecule has 1 fully saturated rings. The molecular formula is C17H22N2O4. The molecule has 0 saturated carbocycles. The van der Waals surface area contributed by atoms with Gasteiger partial charge in [-0.3, -0.25) is 14.8 Å². The SMILES string of the molecule is CN1CCCCCC2(CCc3cc(C(=O)NO)ccc3O2)C1=O. The zero-order valence-corrected chi connectivity index (χ0v) is 13.3. The van der Waals surface area contributed by atoms with Gasteiger partial charge in [-0.15, -0.1) is 0 Å². The number of ether oxygens (including phenoxy) is 1. The summed E-state index contributed by atoms with van der Waals surface area (Å²) in [6.45, 7) is 0.770. The molecule has 0 bridgehead atoms. The predicted octanol–water partition coefficient (Wildman–Crippen LogP) is 1.90. The summed E-state index contributed by atoms with van der Waals surface area (Å²) in [5.41, 5.74) is 2.14. The van der Waals surface area contributed by atoms with Gasteiger partial charge in [-0.25, -0.2) is 5.48 Å². The van der Waals surface area contributed by atoms with Crippen LogP contribution < -0.4 is 10.2 Å². The highest BCUT2D eigenvalue weighted by atomic mass is 16.5. The first kappa shape index (κ1) is 15.8. The first-order valence-electron chi connectivity index (χ1n) is 8.08. The van der Waals surface area contributed by atoms with Gasteiger partial charge in [-0.1, -0.05) is 6.42 Å². The van der Waals surface area contributed by atoms with Crippen LogP contribution >= 0.6 is 0 Å². The van der Waals surface area contributed by atoms with Gasteiger partial charge < -0.3 is 9.64 Å². The fraction of sp³-hybridized carbons (Fsp3) is 0.529. The summed E-state index contributed by atoms with van der Waals surface area (Å²) in [4.78, 5) is 26.1. The highest BCUT2D eigenvalue weighted by molar-refractivity contribution is 5.94. The fourth-order valence-electron chi connectivity index (χ4n) is 3.50. The van der Waals surface area contributed by atoms with E-state index >= 15 is 0 Å². The summed E-state index contributed by atoms with van der Waals surface area (Å²) in [5, 5.41) is 8.73. The molecule has 2 N–H and O–H groups in total. The van der Waals surface area contributed by atoms with Crippen LogP contribution in [0.15, 0.2) is 18.2 Å². The number of hydrogen-bond donors (Lipinski definition) is 2. The number of fused-ring (bicyclic) bond motifs is 1. The molecule has 1 saturated heterocycles. The molecular weight excluding hydrogens is 296 g/mol. The molecule has 1 aromatic carbocycles. The average Bonchev–Trinajstić information content (AvgIpc) is 2.58. The Morgan fingerprint density at radius 1 is 1.30 bits per heavy atom. The lowest BCUT2D eigenvalue weighted by Crippen LogP contribution is -2.54. The number of hydrogen-bond acceptors (Lipinski definition) is 4. The lowest BCUT2D eigenvalue weighted by atomic mass is 9.84. The van der Waals surface area contributed by atoms with Crippen LogP contribution in [0.5, 0.6) is 5.75 Å². The summed E-state index contributed by atoms with van der Waals surface area (Å²) >= 11 is 0. The van der Waals surface area contributed by atoms with Crippen LogP contribution in [0.1, 0.15) is 48.0 Å². The third-order valence-corrected chi connectivity index (χ3v) is 4.84. The van der Waals surface area contributed by atoms with Crippen molar-refractivity contribution in [1.82, 2.24) is 10.4 Å². The minimum Gasteiger partial charge on any atom is -0.477 e. The monoisotopic (exact) mass is 318 g/mol. The van der Waals surface area contributed by atoms with Crippen LogP contribution in [0.3, 0.4) is 0 Å². The summed E-state index contributed by atoms with van der Waals surface area (Å²) in [5.74, 6) is 0.169. The maximum absolute atomic E-state index is 12.8. The van der Waals surface area contributed by atoms with Gasteiger partial charge in [0.15, 0.2) is 5.60 Å². The second-order valence-electron chi connectivity index (χ2n) is 6.40. The van der Waals surface area contributed by atoms with E-state index in [1.807, 2.05) is 7.05 Å². The lowest BCUT2D eigenvalue weighted by Gasteiger charge is -2.41. The van der Waals surface area contributed by atoms with Crippen molar-refractivity contribution in [2.24, 2.45) is 0 Å². The third kappa shape index (κ3) is 2.91. The van der Waals surface area contributed by atoms with E-state index in [2.05, 4.69) is 0 Å². The first-order chi connectivity index (χ1) is 11.1. The molecule has 6 nitrogen and oxygen atoms in total. The normalized spacial score (nSPS) is 24.4. The fourth-order valence-corrected chi connectivity index (χ4v) is 3.50. The van der Waals surface area contributed by atoms with E-state index in [1.165, 1.54) is 0 Å². The van der Waals surface area contributed by atoms with Gasteiger partial charge in [0.2, 0.25) is 0 Å². The smallest absolute Gasteiger partial charge is 0.274 e. The van der Waals surface area contributed by atoms with Crippen molar-refractivity contribution in [2.75, 3.05) is 13.6 Å². The number of benzene rings is 1. The number of aryl methyl sites for hydroxylation is 1. The van der Waals surface area contributed by atoms with E-state index in [0.29, 0.717) is 24.2 Å². The van der Waals surface area contributed by atoms with Gasteiger partial charge in [0.25, 0.3) is 11.8 Å². The van der Waals surface area contributed by atoms with Crippen molar-refractivity contribution in [3.8, 4) is 5.75 Å². The average molecular weight is 318 g/mol. The van der Waals surface area contributed by atoms with Gasteiger partial charge in [0.1, 0.15) is 5.75 Å². The van der Waals surface area contributed by atoms with E-state index in [1.54, 1.807) is 28.6 Å². The third-order valence-electron chi connectivity index (χ3n) is 4.84. The molecule has 2 aliphatic rings. The maximum atomic E-state index is 12.8. The quantitative estimate of drug-likeness (QED) is 0.612. The molecule has 1 spiro atoms. The Kier molecular flexibility index (Phi) is 4.26. The summed E-state index contributed by atoms with van der Waals surface area (Å²) in [6.07, 6.45) is 5.16. The summed E-state index contributed by atoms with van der Waals surface area (Å²) in [7, 11) is 1.84. The predicted molar refractivity (Wildman–Crippen MR) is 83.5 cm³/mol. The Morgan fingerprint density at radius 3 is 2.91 bits per heavy atom. The zero-order valence-electron chi connectivity index (χ0n) is 13.3. The van der Waals surface area contributed by atoms with Crippen molar-refractivity contribution in [3.63, 3.8) is 0 Å². The second kappa shape index (κ2) is 6.20. The van der Waals surface area contributed by atoms with Gasteiger partial charge in [0.05, 0.1) is 0 Å². The highest BCUT2D eigenvalue weighted by Crippen LogP contribution is 2.38. The number of rotatable bonds is 1. The van der Waals surface area contributed by atoms with Crippen LogP contribution in [0.4, 0.5) is 0 Å². The van der Waals surface area contributed by atoms with E-state index in [9.17, 15) is 9.59 Å². The zero-order chi connectivity index (χ0) is 16.4. The van der Waals surface area contributed by atoms with Gasteiger partial charge in [-0.05, 0) is 49.4 Å². The van der Waals surface area contributed by atoms with Crippen LogP contribution in [0.2, 0.25) is 0 Å². The van der Waals surface area contributed by atoms with Crippen LogP contribution in [-0.4, -0.2) is 41.1 Å². The molecule has 1 aromatic rings. The molecule has 1 atom stereocenters. The highest BCUT2D eigenvalue weighted by Gasteiger charge is 2.45. The Hall–Kier alpha value is -2.08. The Morgan fingerprint density at radius 2 is 2.13 bits per heavy atom. The van der Waals surface area contributed by atoms with Crippen molar-refractivity contribution in [3.05, 3.63) is 29.3 Å². The van der Waals surface area contributed by atoms with Crippen LogP contribution in [0.25, 0.3) is 0 Å². The van der Waals surface area contributed by atoms with E-state index in [4.69, 9.17) is 9.94 Å². The van der Waals surface area contributed by atoms with Crippen LogP contribution in [-0.2, 0) is 11.2 Å². The Bertz CT molecular complexity index is 631. The van der Waals surface area contributed by atoms with E-state index in [0.717, 1.165) is 37.8 Å². The largest absolute Gasteiger partial charge is 0.477 e. The number of nitrogens with zero attached hydrogens (tertiary/aromatic N) is 1. The number of likely N-dealkylation sites (N-methyl/N-ethyl adjacent to an activating group) is 1. The topological polar surface area (TPSA) is 78.9 Å². The van der Waals surface area contributed by atoms with Gasteiger partial charge in [0, 0.05) is 25.6 Å². The number of carbonyl (C=O) groups is 2. The number of hydroxylamine groups is 1. The molecule has 6 heteroatoms. The summed E-state index contributed by atoms with van der Waals surface area (Å²) in [6, 6.07) is 5.03. The molecule has 0 aliphatic carbocycles. The van der Waals surface area contributed by atoms with Gasteiger partial charge >= 0.3 is 0 Å². The molecule has 3 rings (SSSR count). The number of carbonyl (C=O) groups excluding carboxylic acids is 2.